The normalized spacial score (nSPS) is 10.2. The zero-order valence-corrected chi connectivity index (χ0v) is 10.3. The Morgan fingerprint density at radius 2 is 1.94 bits per heavy atom. The Hall–Kier alpha value is -1.38. The molecule has 2 nitrogen and oxygen atoms in total. The quantitative estimate of drug-likeness (QED) is 0.725. The minimum atomic E-state index is -0.201. The minimum Gasteiger partial charge on any atom is -0.356 e. The SMILES string of the molecule is CCCNC(=O)CCCCc1ccc(F)cc1. The van der Waals surface area contributed by atoms with Gasteiger partial charge in [-0.15, -0.1) is 0 Å². The number of carbonyl (C=O) groups is 1. The van der Waals surface area contributed by atoms with Gasteiger partial charge in [0.15, 0.2) is 0 Å². The largest absolute Gasteiger partial charge is 0.356 e. The number of nitrogens with one attached hydrogen (secondary N) is 1. The number of hydrogen-bond acceptors (Lipinski definition) is 1. The van der Waals surface area contributed by atoms with E-state index in [9.17, 15) is 9.18 Å². The monoisotopic (exact) mass is 237 g/mol. The molecule has 94 valence electrons. The molecule has 0 aliphatic heterocycles. The van der Waals surface area contributed by atoms with Crippen molar-refractivity contribution in [2.75, 3.05) is 6.54 Å². The van der Waals surface area contributed by atoms with Crippen molar-refractivity contribution in [2.24, 2.45) is 0 Å². The lowest BCUT2D eigenvalue weighted by atomic mass is 10.1. The minimum absolute atomic E-state index is 0.131. The zero-order valence-electron chi connectivity index (χ0n) is 10.3. The molecule has 1 N–H and O–H groups in total. The van der Waals surface area contributed by atoms with Crippen LogP contribution in [0.25, 0.3) is 0 Å². The van der Waals surface area contributed by atoms with Gasteiger partial charge in [0.25, 0.3) is 0 Å². The van der Waals surface area contributed by atoms with Crippen LogP contribution in [0.5, 0.6) is 0 Å². The number of hydrogen-bond donors (Lipinski definition) is 1. The van der Waals surface area contributed by atoms with E-state index in [0.717, 1.165) is 37.8 Å². The molecule has 0 saturated carbocycles. The summed E-state index contributed by atoms with van der Waals surface area (Å²) in [5.41, 5.74) is 1.13. The summed E-state index contributed by atoms with van der Waals surface area (Å²) in [6.45, 7) is 2.80. The third-order valence-corrected chi connectivity index (χ3v) is 2.60. The topological polar surface area (TPSA) is 29.1 Å². The van der Waals surface area contributed by atoms with Crippen LogP contribution < -0.4 is 5.32 Å². The number of aryl methyl sites for hydroxylation is 1. The Morgan fingerprint density at radius 1 is 1.24 bits per heavy atom. The van der Waals surface area contributed by atoms with E-state index >= 15 is 0 Å². The van der Waals surface area contributed by atoms with Crippen molar-refractivity contribution in [3.63, 3.8) is 0 Å². The second-order valence-electron chi connectivity index (χ2n) is 4.18. The predicted molar refractivity (Wildman–Crippen MR) is 67.3 cm³/mol. The smallest absolute Gasteiger partial charge is 0.219 e. The fourth-order valence-electron chi connectivity index (χ4n) is 1.62. The number of benzene rings is 1. The maximum absolute atomic E-state index is 12.6. The first-order valence-corrected chi connectivity index (χ1v) is 6.23. The lowest BCUT2D eigenvalue weighted by Crippen LogP contribution is -2.23. The summed E-state index contributed by atoms with van der Waals surface area (Å²) >= 11 is 0. The van der Waals surface area contributed by atoms with Crippen molar-refractivity contribution in [2.45, 2.75) is 39.0 Å². The van der Waals surface area contributed by atoms with Crippen LogP contribution in [0.15, 0.2) is 24.3 Å². The maximum atomic E-state index is 12.6. The second-order valence-corrected chi connectivity index (χ2v) is 4.18. The fourth-order valence-corrected chi connectivity index (χ4v) is 1.62. The molecule has 0 atom stereocenters. The predicted octanol–water partition coefficient (Wildman–Crippen LogP) is 3.06. The van der Waals surface area contributed by atoms with E-state index in [-0.39, 0.29) is 11.7 Å². The van der Waals surface area contributed by atoms with E-state index in [1.54, 1.807) is 12.1 Å². The van der Waals surface area contributed by atoms with Gasteiger partial charge in [-0.3, -0.25) is 4.79 Å². The summed E-state index contributed by atoms with van der Waals surface area (Å²) in [5, 5.41) is 2.85. The molecule has 1 rings (SSSR count). The van der Waals surface area contributed by atoms with Crippen LogP contribution >= 0.6 is 0 Å². The van der Waals surface area contributed by atoms with E-state index in [0.29, 0.717) is 6.42 Å². The number of halogens is 1. The van der Waals surface area contributed by atoms with Gasteiger partial charge in [0.2, 0.25) is 5.91 Å². The van der Waals surface area contributed by atoms with Gasteiger partial charge in [-0.05, 0) is 43.4 Å². The summed E-state index contributed by atoms with van der Waals surface area (Å²) in [6.07, 6.45) is 4.31. The molecule has 1 aromatic carbocycles. The first-order chi connectivity index (χ1) is 8.22. The molecule has 0 bridgehead atoms. The average Bonchev–Trinajstić information content (AvgIpc) is 2.34. The van der Waals surface area contributed by atoms with Crippen LogP contribution in [0.3, 0.4) is 0 Å². The summed E-state index contributed by atoms with van der Waals surface area (Å²) in [7, 11) is 0. The van der Waals surface area contributed by atoms with Gasteiger partial charge < -0.3 is 5.32 Å². The highest BCUT2D eigenvalue weighted by Crippen LogP contribution is 2.08. The fraction of sp³-hybridized carbons (Fsp3) is 0.500. The van der Waals surface area contributed by atoms with Crippen molar-refractivity contribution >= 4 is 5.91 Å². The molecule has 0 aromatic heterocycles. The highest BCUT2D eigenvalue weighted by molar-refractivity contribution is 5.75. The van der Waals surface area contributed by atoms with Gasteiger partial charge in [0.05, 0.1) is 0 Å². The van der Waals surface area contributed by atoms with Gasteiger partial charge >= 0.3 is 0 Å². The number of carbonyl (C=O) groups excluding carboxylic acids is 1. The highest BCUT2D eigenvalue weighted by atomic mass is 19.1. The van der Waals surface area contributed by atoms with Crippen LogP contribution in [0.2, 0.25) is 0 Å². The molecule has 1 aromatic rings. The van der Waals surface area contributed by atoms with Gasteiger partial charge in [-0.25, -0.2) is 4.39 Å². The molecule has 3 heteroatoms. The highest BCUT2D eigenvalue weighted by Gasteiger charge is 2.00. The van der Waals surface area contributed by atoms with Crippen molar-refractivity contribution in [1.82, 2.24) is 5.32 Å². The van der Waals surface area contributed by atoms with E-state index in [1.807, 2.05) is 6.92 Å². The van der Waals surface area contributed by atoms with Crippen LogP contribution in [0.1, 0.15) is 38.2 Å². The molecule has 0 heterocycles. The van der Waals surface area contributed by atoms with Gasteiger partial charge in [0.1, 0.15) is 5.82 Å². The summed E-state index contributed by atoms with van der Waals surface area (Å²) in [6, 6.07) is 6.55. The van der Waals surface area contributed by atoms with Gasteiger partial charge in [0, 0.05) is 13.0 Å². The Morgan fingerprint density at radius 3 is 2.59 bits per heavy atom. The molecule has 0 unspecified atom stereocenters. The van der Waals surface area contributed by atoms with E-state index in [1.165, 1.54) is 12.1 Å². The van der Waals surface area contributed by atoms with Crippen molar-refractivity contribution in [1.29, 1.82) is 0 Å². The van der Waals surface area contributed by atoms with E-state index < -0.39 is 0 Å². The third-order valence-electron chi connectivity index (χ3n) is 2.60. The number of unbranched alkanes of at least 4 members (excludes halogenated alkanes) is 1. The first kappa shape index (κ1) is 13.7. The lowest BCUT2D eigenvalue weighted by Gasteiger charge is -2.03. The average molecular weight is 237 g/mol. The van der Waals surface area contributed by atoms with Gasteiger partial charge in [-0.2, -0.15) is 0 Å². The third kappa shape index (κ3) is 6.05. The lowest BCUT2D eigenvalue weighted by molar-refractivity contribution is -0.121. The molecule has 1 amide bonds. The Kier molecular flexibility index (Phi) is 6.30. The van der Waals surface area contributed by atoms with Crippen LogP contribution in [-0.2, 0) is 11.2 Å². The van der Waals surface area contributed by atoms with Crippen LogP contribution in [0.4, 0.5) is 4.39 Å². The van der Waals surface area contributed by atoms with Crippen molar-refractivity contribution in [3.05, 3.63) is 35.6 Å². The molecular formula is C14H20FNO. The Balaban J connectivity index is 2.11. The first-order valence-electron chi connectivity index (χ1n) is 6.23. The second kappa shape index (κ2) is 7.82. The Bertz CT molecular complexity index is 335. The maximum Gasteiger partial charge on any atom is 0.219 e. The molecule has 0 spiro atoms. The summed E-state index contributed by atoms with van der Waals surface area (Å²) < 4.78 is 12.6. The van der Waals surface area contributed by atoms with Crippen molar-refractivity contribution < 1.29 is 9.18 Å². The molecule has 17 heavy (non-hydrogen) atoms. The molecule has 0 radical (unpaired) electrons. The van der Waals surface area contributed by atoms with Crippen LogP contribution in [0, 0.1) is 5.82 Å². The standard InChI is InChI=1S/C14H20FNO/c1-2-11-16-14(17)6-4-3-5-12-7-9-13(15)10-8-12/h7-10H,2-6,11H2,1H3,(H,16,17). The van der Waals surface area contributed by atoms with Crippen molar-refractivity contribution in [3.8, 4) is 0 Å². The molecule has 0 aliphatic rings. The molecule has 0 saturated heterocycles. The molecule has 0 aliphatic carbocycles. The summed E-state index contributed by atoms with van der Waals surface area (Å²) in [4.78, 5) is 11.3. The number of rotatable bonds is 7. The van der Waals surface area contributed by atoms with Gasteiger partial charge in [-0.1, -0.05) is 19.1 Å². The number of amides is 1. The molecule has 0 fully saturated rings. The zero-order chi connectivity index (χ0) is 12.5. The van der Waals surface area contributed by atoms with Crippen LogP contribution in [-0.4, -0.2) is 12.5 Å². The Labute approximate surface area is 102 Å². The summed E-state index contributed by atoms with van der Waals surface area (Å²) in [5.74, 6) is -0.0707. The van der Waals surface area contributed by atoms with E-state index in [2.05, 4.69) is 5.32 Å². The van der Waals surface area contributed by atoms with E-state index in [4.69, 9.17) is 0 Å². The molecular weight excluding hydrogens is 217 g/mol.